The molecule has 37 heavy (non-hydrogen) atoms. The maximum absolute atomic E-state index is 13.1. The summed E-state index contributed by atoms with van der Waals surface area (Å²) in [7, 11) is 4.27. The second-order valence-electron chi connectivity index (χ2n) is 11.7. The van der Waals surface area contributed by atoms with E-state index < -0.39 is 0 Å². The van der Waals surface area contributed by atoms with Gasteiger partial charge in [-0.05, 0) is 72.1 Å². The molecule has 0 aliphatic carbocycles. The molecule has 3 atom stereocenters. The Morgan fingerprint density at radius 2 is 1.24 bits per heavy atom. The standard InChI is InChI=1S/C30H58N4O3/c1-5-7-9-15-26-24-29(36)33(21-13-17-31(26)3)19-11-12-20-34-22-14-18-32(4)27(25-30(34)37)23-28(35)16-10-8-6-2/h26-28,35H,5-25H2,1-4H3/t26-,27-,28-/m1/s1. The van der Waals surface area contributed by atoms with Gasteiger partial charge in [0.2, 0.25) is 11.8 Å². The van der Waals surface area contributed by atoms with Crippen molar-refractivity contribution in [3.05, 3.63) is 0 Å². The molecular formula is C30H58N4O3. The van der Waals surface area contributed by atoms with Crippen LogP contribution in [0.25, 0.3) is 0 Å². The van der Waals surface area contributed by atoms with Crippen molar-refractivity contribution < 1.29 is 14.7 Å². The summed E-state index contributed by atoms with van der Waals surface area (Å²) >= 11 is 0. The first-order valence-corrected chi connectivity index (χ1v) is 15.5. The zero-order chi connectivity index (χ0) is 27.0. The molecule has 2 amide bonds. The monoisotopic (exact) mass is 522 g/mol. The van der Waals surface area contributed by atoms with Gasteiger partial charge in [0.1, 0.15) is 0 Å². The molecule has 2 aliphatic rings. The van der Waals surface area contributed by atoms with Crippen molar-refractivity contribution in [1.29, 1.82) is 0 Å². The fourth-order valence-corrected chi connectivity index (χ4v) is 5.97. The van der Waals surface area contributed by atoms with Crippen molar-refractivity contribution >= 4 is 11.8 Å². The molecule has 0 aromatic rings. The van der Waals surface area contributed by atoms with Crippen LogP contribution in [0.15, 0.2) is 0 Å². The topological polar surface area (TPSA) is 67.3 Å². The van der Waals surface area contributed by atoms with E-state index in [9.17, 15) is 14.7 Å². The van der Waals surface area contributed by atoms with Gasteiger partial charge in [-0.3, -0.25) is 9.59 Å². The Balaban J connectivity index is 1.77. The molecule has 0 radical (unpaired) electrons. The second-order valence-corrected chi connectivity index (χ2v) is 11.7. The smallest absolute Gasteiger partial charge is 0.224 e. The lowest BCUT2D eigenvalue weighted by Gasteiger charge is -2.35. The van der Waals surface area contributed by atoms with Crippen molar-refractivity contribution in [3.8, 4) is 0 Å². The lowest BCUT2D eigenvalue weighted by Crippen LogP contribution is -2.46. The molecule has 0 saturated carbocycles. The molecule has 0 bridgehead atoms. The predicted molar refractivity (Wildman–Crippen MR) is 153 cm³/mol. The van der Waals surface area contributed by atoms with Gasteiger partial charge >= 0.3 is 0 Å². The summed E-state index contributed by atoms with van der Waals surface area (Å²) in [6.07, 6.45) is 14.4. The van der Waals surface area contributed by atoms with Crippen LogP contribution in [0.1, 0.15) is 110 Å². The molecular weight excluding hydrogens is 464 g/mol. The van der Waals surface area contributed by atoms with Crippen LogP contribution in [-0.4, -0.2) is 108 Å². The molecule has 2 rings (SSSR count). The fourth-order valence-electron chi connectivity index (χ4n) is 5.97. The first-order valence-electron chi connectivity index (χ1n) is 15.5. The lowest BCUT2D eigenvalue weighted by molar-refractivity contribution is -0.135. The average molecular weight is 523 g/mol. The zero-order valence-corrected chi connectivity index (χ0v) is 24.6. The highest BCUT2D eigenvalue weighted by Gasteiger charge is 2.27. The number of aliphatic hydroxyl groups is 1. The van der Waals surface area contributed by atoms with E-state index in [4.69, 9.17) is 0 Å². The number of carbonyl (C=O) groups excluding carboxylic acids is 2. The highest BCUT2D eigenvalue weighted by Crippen LogP contribution is 2.20. The van der Waals surface area contributed by atoms with E-state index in [2.05, 4.69) is 42.6 Å². The molecule has 0 spiro atoms. The molecule has 0 aromatic carbocycles. The third-order valence-corrected chi connectivity index (χ3v) is 8.58. The number of carbonyl (C=O) groups is 2. The second kappa shape index (κ2) is 18.2. The van der Waals surface area contributed by atoms with Gasteiger partial charge in [0, 0.05) is 51.1 Å². The SMILES string of the molecule is CCCCC[C@@H](O)C[C@@H]1CC(=O)N(CCCCN2CCCN(C)[C@H](CCCCC)CC2=O)CCCN1C. The Labute approximate surface area is 227 Å². The van der Waals surface area contributed by atoms with Crippen molar-refractivity contribution in [2.45, 2.75) is 128 Å². The van der Waals surface area contributed by atoms with Gasteiger partial charge in [0.05, 0.1) is 6.10 Å². The molecule has 2 aliphatic heterocycles. The molecule has 0 unspecified atom stereocenters. The number of hydrogen-bond acceptors (Lipinski definition) is 5. The van der Waals surface area contributed by atoms with Gasteiger partial charge in [-0.1, -0.05) is 52.4 Å². The molecule has 0 aromatic heterocycles. The summed E-state index contributed by atoms with van der Waals surface area (Å²) in [6.45, 7) is 9.68. The maximum Gasteiger partial charge on any atom is 0.224 e. The summed E-state index contributed by atoms with van der Waals surface area (Å²) in [5, 5.41) is 10.5. The Morgan fingerprint density at radius 3 is 1.81 bits per heavy atom. The van der Waals surface area contributed by atoms with E-state index in [1.54, 1.807) is 0 Å². The van der Waals surface area contributed by atoms with Crippen LogP contribution < -0.4 is 0 Å². The molecule has 2 saturated heterocycles. The highest BCUT2D eigenvalue weighted by atomic mass is 16.3. The third-order valence-electron chi connectivity index (χ3n) is 8.58. The average Bonchev–Trinajstić information content (AvgIpc) is 2.86. The van der Waals surface area contributed by atoms with Crippen LogP contribution in [0.5, 0.6) is 0 Å². The van der Waals surface area contributed by atoms with Gasteiger partial charge in [-0.25, -0.2) is 0 Å². The molecule has 2 fully saturated rings. The van der Waals surface area contributed by atoms with Crippen molar-refractivity contribution in [3.63, 3.8) is 0 Å². The van der Waals surface area contributed by atoms with Gasteiger partial charge in [-0.15, -0.1) is 0 Å². The van der Waals surface area contributed by atoms with Gasteiger partial charge in [0.15, 0.2) is 0 Å². The first kappa shape index (κ1) is 32.0. The molecule has 7 heteroatoms. The Kier molecular flexibility index (Phi) is 15.7. The van der Waals surface area contributed by atoms with Crippen LogP contribution in [0, 0.1) is 0 Å². The largest absolute Gasteiger partial charge is 0.393 e. The predicted octanol–water partition coefficient (Wildman–Crippen LogP) is 4.52. The molecule has 2 heterocycles. The molecule has 216 valence electrons. The van der Waals surface area contributed by atoms with E-state index in [0.29, 0.717) is 31.2 Å². The highest BCUT2D eigenvalue weighted by molar-refractivity contribution is 5.77. The number of hydrogen-bond donors (Lipinski definition) is 1. The van der Waals surface area contributed by atoms with Gasteiger partial charge < -0.3 is 24.7 Å². The molecule has 7 nitrogen and oxygen atoms in total. The van der Waals surface area contributed by atoms with Crippen LogP contribution in [0.3, 0.4) is 0 Å². The van der Waals surface area contributed by atoms with E-state index in [1.807, 2.05) is 4.90 Å². The summed E-state index contributed by atoms with van der Waals surface area (Å²) in [5.74, 6) is 0.524. The normalized spacial score (nSPS) is 24.0. The number of rotatable bonds is 15. The van der Waals surface area contributed by atoms with E-state index in [1.165, 1.54) is 19.3 Å². The summed E-state index contributed by atoms with van der Waals surface area (Å²) < 4.78 is 0. The van der Waals surface area contributed by atoms with Crippen molar-refractivity contribution in [2.75, 3.05) is 53.4 Å². The Bertz CT molecular complexity index is 646. The van der Waals surface area contributed by atoms with Crippen LogP contribution in [-0.2, 0) is 9.59 Å². The van der Waals surface area contributed by atoms with Crippen LogP contribution >= 0.6 is 0 Å². The van der Waals surface area contributed by atoms with Crippen molar-refractivity contribution in [2.24, 2.45) is 0 Å². The minimum atomic E-state index is -0.318. The molecule has 1 N–H and O–H groups in total. The number of aliphatic hydroxyl groups excluding tert-OH is 1. The first-order chi connectivity index (χ1) is 17.8. The summed E-state index contributed by atoms with van der Waals surface area (Å²) in [6, 6.07) is 0.491. The minimum absolute atomic E-state index is 0.119. The lowest BCUT2D eigenvalue weighted by atomic mass is 9.98. The van der Waals surface area contributed by atoms with Crippen LogP contribution in [0.2, 0.25) is 0 Å². The van der Waals surface area contributed by atoms with E-state index in [0.717, 1.165) is 97.1 Å². The summed E-state index contributed by atoms with van der Waals surface area (Å²) in [5.41, 5.74) is 0. The Hall–Kier alpha value is -1.18. The van der Waals surface area contributed by atoms with Gasteiger partial charge in [0.25, 0.3) is 0 Å². The summed E-state index contributed by atoms with van der Waals surface area (Å²) in [4.78, 5) is 34.9. The quantitative estimate of drug-likeness (QED) is 0.320. The Morgan fingerprint density at radius 1 is 0.730 bits per heavy atom. The zero-order valence-electron chi connectivity index (χ0n) is 24.6. The van der Waals surface area contributed by atoms with Crippen molar-refractivity contribution in [1.82, 2.24) is 19.6 Å². The number of unbranched alkanes of at least 4 members (excludes halogenated alkanes) is 5. The van der Waals surface area contributed by atoms with Crippen LogP contribution in [0.4, 0.5) is 0 Å². The third kappa shape index (κ3) is 12.0. The van der Waals surface area contributed by atoms with E-state index >= 15 is 0 Å². The fraction of sp³-hybridized carbons (Fsp3) is 0.933. The number of nitrogens with zero attached hydrogens (tertiary/aromatic N) is 4. The van der Waals surface area contributed by atoms with E-state index in [-0.39, 0.29) is 18.1 Å². The number of amides is 2. The minimum Gasteiger partial charge on any atom is -0.393 e. The maximum atomic E-state index is 13.1. The van der Waals surface area contributed by atoms with Gasteiger partial charge in [-0.2, -0.15) is 0 Å².